The Hall–Kier alpha value is -0.870. The molecule has 0 bridgehead atoms. The monoisotopic (exact) mass is 236 g/mol. The average Bonchev–Trinajstić information content (AvgIpc) is 2.64. The van der Waals surface area contributed by atoms with Crippen LogP contribution in [-0.4, -0.2) is 40.4 Å². The summed E-state index contributed by atoms with van der Waals surface area (Å²) in [4.78, 5) is 2.53. The van der Waals surface area contributed by atoms with Crippen molar-refractivity contribution in [3.63, 3.8) is 0 Å². The first-order chi connectivity index (χ1) is 8.08. The van der Waals surface area contributed by atoms with E-state index in [2.05, 4.69) is 53.9 Å². The Morgan fingerprint density at radius 3 is 2.88 bits per heavy atom. The van der Waals surface area contributed by atoms with Crippen molar-refractivity contribution in [1.29, 1.82) is 0 Å². The Labute approximate surface area is 104 Å². The molecular weight excluding hydrogens is 212 g/mol. The molecule has 0 amide bonds. The first kappa shape index (κ1) is 12.6. The maximum Gasteiger partial charge on any atom is 0.0638 e. The second kappa shape index (κ2) is 5.19. The van der Waals surface area contributed by atoms with Crippen molar-refractivity contribution in [3.05, 3.63) is 17.5 Å². The van der Waals surface area contributed by atoms with E-state index >= 15 is 0 Å². The summed E-state index contributed by atoms with van der Waals surface area (Å²) in [7, 11) is 0. The van der Waals surface area contributed by atoms with Crippen molar-refractivity contribution < 1.29 is 0 Å². The van der Waals surface area contributed by atoms with Crippen molar-refractivity contribution >= 4 is 0 Å². The molecule has 0 saturated carbocycles. The first-order valence-corrected chi connectivity index (χ1v) is 6.57. The molecule has 2 heterocycles. The summed E-state index contributed by atoms with van der Waals surface area (Å²) >= 11 is 0. The zero-order valence-corrected chi connectivity index (χ0v) is 11.4. The summed E-state index contributed by atoms with van der Waals surface area (Å²) < 4.78 is 2.07. The number of hydrogen-bond donors (Lipinski definition) is 1. The van der Waals surface area contributed by atoms with Gasteiger partial charge in [-0.1, -0.05) is 0 Å². The number of hydrogen-bond acceptors (Lipinski definition) is 3. The molecule has 17 heavy (non-hydrogen) atoms. The highest BCUT2D eigenvalue weighted by Crippen LogP contribution is 2.15. The highest BCUT2D eigenvalue weighted by Gasteiger charge is 2.19. The third-order valence-corrected chi connectivity index (χ3v) is 3.56. The molecule has 1 fully saturated rings. The topological polar surface area (TPSA) is 33.1 Å². The SMILES string of the molecule is Cc1nn(C(C)C)cc1CN1CCNC[C@H]1C. The molecule has 1 aliphatic rings. The van der Waals surface area contributed by atoms with Gasteiger partial charge in [-0.2, -0.15) is 5.10 Å². The maximum atomic E-state index is 4.58. The lowest BCUT2D eigenvalue weighted by atomic mass is 10.1. The van der Waals surface area contributed by atoms with Crippen molar-refractivity contribution in [1.82, 2.24) is 20.0 Å². The maximum absolute atomic E-state index is 4.58. The van der Waals surface area contributed by atoms with Gasteiger partial charge in [0.05, 0.1) is 5.69 Å². The second-order valence-corrected chi connectivity index (χ2v) is 5.34. The van der Waals surface area contributed by atoms with Gasteiger partial charge in [0.15, 0.2) is 0 Å². The number of nitrogens with one attached hydrogen (secondary N) is 1. The van der Waals surface area contributed by atoms with E-state index in [9.17, 15) is 0 Å². The molecule has 0 spiro atoms. The van der Waals surface area contributed by atoms with Crippen molar-refractivity contribution in [2.24, 2.45) is 0 Å². The normalized spacial score (nSPS) is 22.3. The predicted octanol–water partition coefficient (Wildman–Crippen LogP) is 1.57. The molecular formula is C13H24N4. The van der Waals surface area contributed by atoms with E-state index in [1.807, 2.05) is 0 Å². The van der Waals surface area contributed by atoms with E-state index in [0.29, 0.717) is 12.1 Å². The summed E-state index contributed by atoms with van der Waals surface area (Å²) in [6, 6.07) is 1.06. The highest BCUT2D eigenvalue weighted by molar-refractivity contribution is 5.16. The summed E-state index contributed by atoms with van der Waals surface area (Å²) in [6.45, 7) is 13.1. The van der Waals surface area contributed by atoms with Crippen LogP contribution in [0.5, 0.6) is 0 Å². The van der Waals surface area contributed by atoms with Gasteiger partial charge in [0.25, 0.3) is 0 Å². The lowest BCUT2D eigenvalue weighted by Crippen LogP contribution is -2.49. The van der Waals surface area contributed by atoms with Gasteiger partial charge in [-0.25, -0.2) is 0 Å². The zero-order valence-electron chi connectivity index (χ0n) is 11.4. The Morgan fingerprint density at radius 2 is 2.29 bits per heavy atom. The van der Waals surface area contributed by atoms with Crippen LogP contribution in [0.25, 0.3) is 0 Å². The van der Waals surface area contributed by atoms with Crippen LogP contribution in [0.15, 0.2) is 6.20 Å². The average molecular weight is 236 g/mol. The summed E-state index contributed by atoms with van der Waals surface area (Å²) in [5.41, 5.74) is 2.54. The molecule has 0 radical (unpaired) electrons. The van der Waals surface area contributed by atoms with Gasteiger partial charge in [-0.05, 0) is 27.7 Å². The van der Waals surface area contributed by atoms with E-state index in [-0.39, 0.29) is 0 Å². The number of nitrogens with zero attached hydrogens (tertiary/aromatic N) is 3. The lowest BCUT2D eigenvalue weighted by molar-refractivity contribution is 0.165. The number of aryl methyl sites for hydroxylation is 1. The zero-order chi connectivity index (χ0) is 12.4. The van der Waals surface area contributed by atoms with Gasteiger partial charge in [0, 0.05) is 50.0 Å². The van der Waals surface area contributed by atoms with Gasteiger partial charge in [-0.15, -0.1) is 0 Å². The van der Waals surface area contributed by atoms with Crippen molar-refractivity contribution in [3.8, 4) is 0 Å². The minimum atomic E-state index is 0.447. The van der Waals surface area contributed by atoms with Gasteiger partial charge in [-0.3, -0.25) is 9.58 Å². The largest absolute Gasteiger partial charge is 0.314 e. The van der Waals surface area contributed by atoms with E-state index < -0.39 is 0 Å². The van der Waals surface area contributed by atoms with Crippen LogP contribution in [0.4, 0.5) is 0 Å². The molecule has 1 atom stereocenters. The second-order valence-electron chi connectivity index (χ2n) is 5.34. The lowest BCUT2D eigenvalue weighted by Gasteiger charge is -2.33. The summed E-state index contributed by atoms with van der Waals surface area (Å²) in [5.74, 6) is 0. The van der Waals surface area contributed by atoms with Gasteiger partial charge in [0.2, 0.25) is 0 Å². The summed E-state index contributed by atoms with van der Waals surface area (Å²) in [6.07, 6.45) is 2.20. The van der Waals surface area contributed by atoms with E-state index in [4.69, 9.17) is 0 Å². The van der Waals surface area contributed by atoms with Crippen LogP contribution in [0.2, 0.25) is 0 Å². The Morgan fingerprint density at radius 1 is 1.53 bits per heavy atom. The van der Waals surface area contributed by atoms with Crippen molar-refractivity contribution in [2.45, 2.75) is 46.3 Å². The standard InChI is InChI=1S/C13H24N4/c1-10(2)17-9-13(12(4)15-17)8-16-6-5-14-7-11(16)3/h9-11,14H,5-8H2,1-4H3/t11-/m1/s1. The fraction of sp³-hybridized carbons (Fsp3) is 0.769. The summed E-state index contributed by atoms with van der Waals surface area (Å²) in [5, 5.41) is 8.00. The minimum Gasteiger partial charge on any atom is -0.314 e. The van der Waals surface area contributed by atoms with Crippen LogP contribution in [0.1, 0.15) is 38.1 Å². The number of aromatic nitrogens is 2. The molecule has 2 rings (SSSR count). The third kappa shape index (κ3) is 2.87. The van der Waals surface area contributed by atoms with Crippen LogP contribution >= 0.6 is 0 Å². The molecule has 0 aliphatic carbocycles. The van der Waals surface area contributed by atoms with Crippen LogP contribution in [0, 0.1) is 6.92 Å². The quantitative estimate of drug-likeness (QED) is 0.864. The molecule has 1 aliphatic heterocycles. The molecule has 1 N–H and O–H groups in total. The Balaban J connectivity index is 2.07. The van der Waals surface area contributed by atoms with Crippen LogP contribution in [0.3, 0.4) is 0 Å². The Bertz CT molecular complexity index is 369. The van der Waals surface area contributed by atoms with Crippen LogP contribution < -0.4 is 5.32 Å². The fourth-order valence-electron chi connectivity index (χ4n) is 2.28. The predicted molar refractivity (Wildman–Crippen MR) is 70.1 cm³/mol. The van der Waals surface area contributed by atoms with Gasteiger partial charge >= 0.3 is 0 Å². The Kier molecular flexibility index (Phi) is 3.84. The number of rotatable bonds is 3. The van der Waals surface area contributed by atoms with Gasteiger partial charge < -0.3 is 5.32 Å². The molecule has 1 aromatic heterocycles. The van der Waals surface area contributed by atoms with E-state index in [1.165, 1.54) is 11.3 Å². The van der Waals surface area contributed by atoms with E-state index in [0.717, 1.165) is 26.2 Å². The fourth-order valence-corrected chi connectivity index (χ4v) is 2.28. The minimum absolute atomic E-state index is 0.447. The molecule has 0 aromatic carbocycles. The molecule has 0 unspecified atom stereocenters. The molecule has 4 heteroatoms. The number of piperazine rings is 1. The van der Waals surface area contributed by atoms with E-state index in [1.54, 1.807) is 0 Å². The molecule has 1 saturated heterocycles. The molecule has 4 nitrogen and oxygen atoms in total. The molecule has 96 valence electrons. The first-order valence-electron chi connectivity index (χ1n) is 6.57. The molecule has 1 aromatic rings. The highest BCUT2D eigenvalue weighted by atomic mass is 15.3. The van der Waals surface area contributed by atoms with Crippen LogP contribution in [-0.2, 0) is 6.54 Å². The van der Waals surface area contributed by atoms with Crippen molar-refractivity contribution in [2.75, 3.05) is 19.6 Å². The van der Waals surface area contributed by atoms with Gasteiger partial charge in [0.1, 0.15) is 0 Å². The smallest absolute Gasteiger partial charge is 0.0638 e. The third-order valence-electron chi connectivity index (χ3n) is 3.56.